The molecular formula is C22H22N4O6. The number of nitro groups is 1. The van der Waals surface area contributed by atoms with Gasteiger partial charge in [-0.2, -0.15) is 0 Å². The number of imide groups is 1. The van der Waals surface area contributed by atoms with Gasteiger partial charge in [-0.3, -0.25) is 29.4 Å². The second-order valence-corrected chi connectivity index (χ2v) is 7.51. The molecule has 10 heteroatoms. The van der Waals surface area contributed by atoms with Crippen LogP contribution in [0.5, 0.6) is 5.75 Å². The van der Waals surface area contributed by atoms with Crippen LogP contribution in [0, 0.1) is 10.1 Å². The van der Waals surface area contributed by atoms with E-state index in [2.05, 4.69) is 4.90 Å². The molecule has 2 aliphatic rings. The first-order valence-electron chi connectivity index (χ1n) is 10.2. The highest BCUT2D eigenvalue weighted by Crippen LogP contribution is 2.31. The number of ether oxygens (including phenoxy) is 1. The summed E-state index contributed by atoms with van der Waals surface area (Å²) in [5.74, 6) is -0.740. The normalized spacial score (nSPS) is 15.7. The summed E-state index contributed by atoms with van der Waals surface area (Å²) in [7, 11) is 1.62. The van der Waals surface area contributed by atoms with E-state index >= 15 is 0 Å². The summed E-state index contributed by atoms with van der Waals surface area (Å²) in [4.78, 5) is 53.2. The van der Waals surface area contributed by atoms with Crippen molar-refractivity contribution in [3.63, 3.8) is 0 Å². The molecule has 1 fully saturated rings. The number of hydrogen-bond acceptors (Lipinski definition) is 7. The summed E-state index contributed by atoms with van der Waals surface area (Å²) in [6, 6.07) is 11.6. The van der Waals surface area contributed by atoms with Crippen molar-refractivity contribution < 1.29 is 24.0 Å². The average molecular weight is 438 g/mol. The van der Waals surface area contributed by atoms with Gasteiger partial charge >= 0.3 is 0 Å². The Morgan fingerprint density at radius 2 is 1.75 bits per heavy atom. The zero-order valence-electron chi connectivity index (χ0n) is 17.5. The van der Waals surface area contributed by atoms with Gasteiger partial charge in [0.25, 0.3) is 17.5 Å². The van der Waals surface area contributed by atoms with Crippen molar-refractivity contribution in [2.24, 2.45) is 0 Å². The predicted molar refractivity (Wildman–Crippen MR) is 115 cm³/mol. The Balaban J connectivity index is 1.36. The fourth-order valence-corrected chi connectivity index (χ4v) is 4.12. The number of carbonyl (C=O) groups is 3. The third-order valence-electron chi connectivity index (χ3n) is 5.78. The van der Waals surface area contributed by atoms with Gasteiger partial charge < -0.3 is 14.5 Å². The highest BCUT2D eigenvalue weighted by molar-refractivity contribution is 6.23. The van der Waals surface area contributed by atoms with Crippen LogP contribution in [0.25, 0.3) is 0 Å². The van der Waals surface area contributed by atoms with Gasteiger partial charge in [0.1, 0.15) is 11.3 Å². The maximum Gasteiger partial charge on any atom is 0.282 e. The fraction of sp³-hybridized carbons (Fsp3) is 0.318. The summed E-state index contributed by atoms with van der Waals surface area (Å²) < 4.78 is 5.40. The number of rotatable bonds is 6. The minimum Gasteiger partial charge on any atom is -0.495 e. The molecule has 0 radical (unpaired) electrons. The van der Waals surface area contributed by atoms with Gasteiger partial charge in [-0.05, 0) is 18.2 Å². The van der Waals surface area contributed by atoms with Crippen LogP contribution in [0.4, 0.5) is 11.4 Å². The first kappa shape index (κ1) is 21.3. The van der Waals surface area contributed by atoms with Crippen molar-refractivity contribution in [3.05, 3.63) is 63.7 Å². The topological polar surface area (TPSA) is 113 Å². The van der Waals surface area contributed by atoms with Crippen LogP contribution in [-0.2, 0) is 4.79 Å². The lowest BCUT2D eigenvalue weighted by Crippen LogP contribution is -2.49. The molecular weight excluding hydrogens is 416 g/mol. The molecule has 2 aromatic carbocycles. The van der Waals surface area contributed by atoms with Crippen LogP contribution in [0.15, 0.2) is 42.5 Å². The van der Waals surface area contributed by atoms with Crippen molar-refractivity contribution in [2.75, 3.05) is 44.7 Å². The highest BCUT2D eigenvalue weighted by Gasteiger charge is 2.41. The number of hydrogen-bond donors (Lipinski definition) is 0. The van der Waals surface area contributed by atoms with E-state index in [1.54, 1.807) is 12.0 Å². The minimum absolute atomic E-state index is 0.00192. The van der Waals surface area contributed by atoms with Crippen molar-refractivity contribution in [1.82, 2.24) is 9.80 Å². The quantitative estimate of drug-likeness (QED) is 0.385. The monoisotopic (exact) mass is 438 g/mol. The lowest BCUT2D eigenvalue weighted by Gasteiger charge is -2.36. The highest BCUT2D eigenvalue weighted by atomic mass is 16.6. The molecule has 166 valence electrons. The van der Waals surface area contributed by atoms with E-state index in [0.717, 1.165) is 16.3 Å². The number of amides is 3. The molecule has 0 aromatic heterocycles. The molecule has 0 saturated carbocycles. The molecule has 0 N–H and O–H groups in total. The molecule has 0 atom stereocenters. The van der Waals surface area contributed by atoms with Gasteiger partial charge in [-0.1, -0.05) is 18.2 Å². The number of nitrogens with zero attached hydrogens (tertiary/aromatic N) is 4. The lowest BCUT2D eigenvalue weighted by atomic mass is 10.1. The first-order valence-corrected chi connectivity index (χ1v) is 10.2. The average Bonchev–Trinajstić information content (AvgIpc) is 3.07. The summed E-state index contributed by atoms with van der Waals surface area (Å²) in [5.41, 5.74) is 0.360. The van der Waals surface area contributed by atoms with Crippen LogP contribution in [-0.4, -0.2) is 72.3 Å². The van der Waals surface area contributed by atoms with Crippen molar-refractivity contribution in [1.29, 1.82) is 0 Å². The van der Waals surface area contributed by atoms with E-state index in [4.69, 9.17) is 4.74 Å². The molecule has 1 saturated heterocycles. The zero-order valence-corrected chi connectivity index (χ0v) is 17.5. The Labute approximate surface area is 184 Å². The van der Waals surface area contributed by atoms with Gasteiger partial charge in [0.05, 0.1) is 23.3 Å². The van der Waals surface area contributed by atoms with E-state index in [-0.39, 0.29) is 30.0 Å². The number of para-hydroxylation sites is 2. The van der Waals surface area contributed by atoms with E-state index in [9.17, 15) is 24.5 Å². The van der Waals surface area contributed by atoms with E-state index in [1.807, 2.05) is 24.3 Å². The van der Waals surface area contributed by atoms with Gasteiger partial charge in [-0.25, -0.2) is 0 Å². The molecule has 3 amide bonds. The summed E-state index contributed by atoms with van der Waals surface area (Å²) in [5, 5.41) is 11.2. The largest absolute Gasteiger partial charge is 0.495 e. The second-order valence-electron chi connectivity index (χ2n) is 7.51. The smallest absolute Gasteiger partial charge is 0.282 e. The number of anilines is 1. The SMILES string of the molecule is COc1ccccc1N1CCN(C(=O)CCN2C(=O)c3cccc([N+](=O)[O-])c3C2=O)CC1. The van der Waals surface area contributed by atoms with Crippen molar-refractivity contribution in [2.45, 2.75) is 6.42 Å². The van der Waals surface area contributed by atoms with E-state index in [1.165, 1.54) is 18.2 Å². The molecule has 2 heterocycles. The first-order chi connectivity index (χ1) is 15.4. The van der Waals surface area contributed by atoms with Crippen LogP contribution in [0.1, 0.15) is 27.1 Å². The Morgan fingerprint density at radius 1 is 1.03 bits per heavy atom. The second kappa shape index (κ2) is 8.66. The molecule has 10 nitrogen and oxygen atoms in total. The number of methoxy groups -OCH3 is 1. The predicted octanol–water partition coefficient (Wildman–Crippen LogP) is 1.94. The lowest BCUT2D eigenvalue weighted by molar-refractivity contribution is -0.385. The van der Waals surface area contributed by atoms with Crippen LogP contribution in [0.2, 0.25) is 0 Å². The van der Waals surface area contributed by atoms with Crippen molar-refractivity contribution in [3.8, 4) is 5.75 Å². The summed E-state index contributed by atoms with van der Waals surface area (Å²) >= 11 is 0. The molecule has 0 aliphatic carbocycles. The van der Waals surface area contributed by atoms with Crippen LogP contribution >= 0.6 is 0 Å². The Hall–Kier alpha value is -3.95. The fourth-order valence-electron chi connectivity index (χ4n) is 4.12. The van der Waals surface area contributed by atoms with Crippen LogP contribution < -0.4 is 9.64 Å². The molecule has 2 aromatic rings. The number of carbonyl (C=O) groups excluding carboxylic acids is 3. The number of benzene rings is 2. The summed E-state index contributed by atoms with van der Waals surface area (Å²) in [6.45, 7) is 2.15. The molecule has 0 spiro atoms. The number of fused-ring (bicyclic) bond motifs is 1. The maximum absolute atomic E-state index is 12.7. The minimum atomic E-state index is -0.730. The third-order valence-corrected chi connectivity index (χ3v) is 5.78. The maximum atomic E-state index is 12.7. The van der Waals surface area contributed by atoms with Gasteiger partial charge in [0, 0.05) is 45.2 Å². The van der Waals surface area contributed by atoms with Gasteiger partial charge in [0.2, 0.25) is 5.91 Å². The molecule has 0 unspecified atom stereocenters. The third kappa shape index (κ3) is 3.75. The van der Waals surface area contributed by atoms with E-state index in [0.29, 0.717) is 26.2 Å². The van der Waals surface area contributed by atoms with Crippen LogP contribution in [0.3, 0.4) is 0 Å². The molecule has 32 heavy (non-hydrogen) atoms. The Bertz CT molecular complexity index is 1090. The van der Waals surface area contributed by atoms with E-state index < -0.39 is 22.4 Å². The zero-order chi connectivity index (χ0) is 22.8. The summed E-state index contributed by atoms with van der Waals surface area (Å²) in [6.07, 6.45) is -0.0338. The Morgan fingerprint density at radius 3 is 2.44 bits per heavy atom. The van der Waals surface area contributed by atoms with Gasteiger partial charge in [0.15, 0.2) is 0 Å². The van der Waals surface area contributed by atoms with Crippen molar-refractivity contribution >= 4 is 29.1 Å². The molecule has 0 bridgehead atoms. The Kier molecular flexibility index (Phi) is 5.76. The molecule has 2 aliphatic heterocycles. The number of piperazine rings is 1. The molecule has 4 rings (SSSR count). The van der Waals surface area contributed by atoms with Gasteiger partial charge in [-0.15, -0.1) is 0 Å². The standard InChI is InChI=1S/C22H22N4O6/c1-32-18-8-3-2-6-16(18)23-11-13-24(14-12-23)19(27)9-10-25-21(28)15-5-4-7-17(26(30)31)20(15)22(25)29/h2-8H,9-14H2,1H3. The number of nitro benzene ring substituents is 1.